The normalized spacial score (nSPS) is 13.4. The maximum atomic E-state index is 9.53. The lowest BCUT2D eigenvalue weighted by molar-refractivity contribution is 0.661. The van der Waals surface area contributed by atoms with Crippen LogP contribution < -0.4 is 0 Å². The molecule has 46 heavy (non-hydrogen) atoms. The zero-order valence-electron chi connectivity index (χ0n) is 26.3. The fourth-order valence-electron chi connectivity index (χ4n) is 8.15. The summed E-state index contributed by atoms with van der Waals surface area (Å²) in [6.45, 7) is 9.12. The summed E-state index contributed by atoms with van der Waals surface area (Å²) in [4.78, 5) is 0. The summed E-state index contributed by atoms with van der Waals surface area (Å²) < 4.78 is 2.49. The van der Waals surface area contributed by atoms with Crippen LogP contribution in [0.5, 0.6) is 0 Å². The van der Waals surface area contributed by atoms with Crippen LogP contribution in [-0.4, -0.2) is 0 Å². The fraction of sp³-hybridized carbons (Fsp3) is 0.114. The minimum atomic E-state index is -0.145. The van der Waals surface area contributed by atoms with Gasteiger partial charge in [-0.1, -0.05) is 122 Å². The monoisotopic (exact) mass is 605 g/mol. The van der Waals surface area contributed by atoms with E-state index in [9.17, 15) is 5.26 Å². The highest BCUT2D eigenvalue weighted by atomic mass is 32.1. The van der Waals surface area contributed by atoms with Crippen molar-refractivity contribution < 1.29 is 0 Å². The SMILES string of the molecule is Cc1cc(C)cc(-c2c3ccccc3c(-c3ccc4c(c3)C(C)(C)c3ccc5c(sc6cc(C#N)ccc65)c3-4)c3ccccc23)c1. The molecule has 1 nitrogen and oxygen atoms in total. The molecule has 0 bridgehead atoms. The number of nitriles is 1. The molecule has 0 atom stereocenters. The first-order valence-corrected chi connectivity index (χ1v) is 16.7. The number of fused-ring (bicyclic) bond motifs is 9. The molecule has 9 rings (SSSR count). The van der Waals surface area contributed by atoms with E-state index in [1.807, 2.05) is 23.5 Å². The van der Waals surface area contributed by atoms with Crippen LogP contribution in [0.3, 0.4) is 0 Å². The molecule has 0 spiro atoms. The van der Waals surface area contributed by atoms with Crippen LogP contribution in [0.25, 0.3) is 75.1 Å². The topological polar surface area (TPSA) is 23.8 Å². The molecular formula is C44H31NS. The van der Waals surface area contributed by atoms with Gasteiger partial charge in [0, 0.05) is 31.2 Å². The Morgan fingerprint density at radius 2 is 1.15 bits per heavy atom. The summed E-state index contributed by atoms with van der Waals surface area (Å²) in [6, 6.07) is 45.0. The van der Waals surface area contributed by atoms with Gasteiger partial charge in [-0.25, -0.2) is 0 Å². The fourth-order valence-corrected chi connectivity index (χ4v) is 9.45. The van der Waals surface area contributed by atoms with Crippen LogP contribution >= 0.6 is 11.3 Å². The molecule has 218 valence electrons. The number of hydrogen-bond donors (Lipinski definition) is 0. The van der Waals surface area contributed by atoms with Crippen molar-refractivity contribution in [2.45, 2.75) is 33.1 Å². The third-order valence-corrected chi connectivity index (χ3v) is 11.3. The molecule has 0 unspecified atom stereocenters. The van der Waals surface area contributed by atoms with Crippen molar-refractivity contribution >= 4 is 53.1 Å². The highest BCUT2D eigenvalue weighted by molar-refractivity contribution is 7.26. The molecule has 1 aliphatic carbocycles. The molecule has 1 aromatic heterocycles. The molecule has 7 aromatic carbocycles. The zero-order chi connectivity index (χ0) is 31.3. The molecule has 1 aliphatic rings. The van der Waals surface area contributed by atoms with Gasteiger partial charge >= 0.3 is 0 Å². The van der Waals surface area contributed by atoms with E-state index in [2.05, 4.69) is 137 Å². The van der Waals surface area contributed by atoms with Crippen molar-refractivity contribution in [1.29, 1.82) is 5.26 Å². The minimum Gasteiger partial charge on any atom is -0.192 e. The largest absolute Gasteiger partial charge is 0.192 e. The molecule has 0 aliphatic heterocycles. The Balaban J connectivity index is 1.32. The molecule has 0 N–H and O–H groups in total. The average Bonchev–Trinajstić information content (AvgIpc) is 3.54. The van der Waals surface area contributed by atoms with Crippen LogP contribution in [0.1, 0.15) is 41.7 Å². The van der Waals surface area contributed by atoms with E-state index in [1.54, 1.807) is 0 Å². The van der Waals surface area contributed by atoms with E-state index < -0.39 is 0 Å². The van der Waals surface area contributed by atoms with Crippen LogP contribution in [0, 0.1) is 25.2 Å². The van der Waals surface area contributed by atoms with Gasteiger partial charge in [0.1, 0.15) is 0 Å². The van der Waals surface area contributed by atoms with Crippen molar-refractivity contribution in [2.24, 2.45) is 0 Å². The van der Waals surface area contributed by atoms with Crippen molar-refractivity contribution in [2.75, 3.05) is 0 Å². The van der Waals surface area contributed by atoms with Crippen molar-refractivity contribution in [3.8, 4) is 39.4 Å². The first-order valence-electron chi connectivity index (χ1n) is 15.9. The summed E-state index contributed by atoms with van der Waals surface area (Å²) in [5.74, 6) is 0. The van der Waals surface area contributed by atoms with Gasteiger partial charge in [0.15, 0.2) is 0 Å². The highest BCUT2D eigenvalue weighted by Gasteiger charge is 2.37. The maximum Gasteiger partial charge on any atom is 0.0992 e. The molecular weight excluding hydrogens is 575 g/mol. The second kappa shape index (κ2) is 9.63. The Bertz CT molecular complexity index is 2570. The van der Waals surface area contributed by atoms with Crippen LogP contribution in [0.15, 0.2) is 115 Å². The van der Waals surface area contributed by atoms with Gasteiger partial charge in [0.25, 0.3) is 0 Å². The molecule has 0 radical (unpaired) electrons. The van der Waals surface area contributed by atoms with E-state index in [4.69, 9.17) is 0 Å². The molecule has 8 aromatic rings. The molecule has 2 heteroatoms. The second-order valence-electron chi connectivity index (χ2n) is 13.4. The van der Waals surface area contributed by atoms with Gasteiger partial charge in [0.05, 0.1) is 11.6 Å². The number of rotatable bonds is 2. The van der Waals surface area contributed by atoms with Crippen LogP contribution in [-0.2, 0) is 5.41 Å². The number of aryl methyl sites for hydroxylation is 2. The molecule has 0 amide bonds. The number of nitrogens with zero attached hydrogens (tertiary/aromatic N) is 1. The predicted octanol–water partition coefficient (Wildman–Crippen LogP) is 12.5. The van der Waals surface area contributed by atoms with E-state index in [0.717, 1.165) is 0 Å². The Labute approximate surface area is 273 Å². The van der Waals surface area contributed by atoms with Crippen LogP contribution in [0.4, 0.5) is 0 Å². The van der Waals surface area contributed by atoms with E-state index >= 15 is 0 Å². The number of benzene rings is 7. The van der Waals surface area contributed by atoms with Crippen molar-refractivity contribution in [3.05, 3.63) is 143 Å². The van der Waals surface area contributed by atoms with Gasteiger partial charge in [-0.3, -0.25) is 0 Å². The summed E-state index contributed by atoms with van der Waals surface area (Å²) in [7, 11) is 0. The summed E-state index contributed by atoms with van der Waals surface area (Å²) in [5.41, 5.74) is 13.7. The van der Waals surface area contributed by atoms with Crippen LogP contribution in [0.2, 0.25) is 0 Å². The van der Waals surface area contributed by atoms with E-state index in [1.165, 1.54) is 97.4 Å². The Morgan fingerprint density at radius 3 is 1.78 bits per heavy atom. The van der Waals surface area contributed by atoms with Crippen molar-refractivity contribution in [3.63, 3.8) is 0 Å². The Morgan fingerprint density at radius 1 is 0.543 bits per heavy atom. The van der Waals surface area contributed by atoms with E-state index in [-0.39, 0.29) is 5.41 Å². The summed E-state index contributed by atoms with van der Waals surface area (Å²) >= 11 is 1.82. The second-order valence-corrected chi connectivity index (χ2v) is 14.4. The van der Waals surface area contributed by atoms with Crippen molar-refractivity contribution in [1.82, 2.24) is 0 Å². The number of thiophene rings is 1. The quantitative estimate of drug-likeness (QED) is 0.180. The predicted molar refractivity (Wildman–Crippen MR) is 197 cm³/mol. The molecule has 0 saturated heterocycles. The lowest BCUT2D eigenvalue weighted by Gasteiger charge is -2.23. The van der Waals surface area contributed by atoms with E-state index in [0.29, 0.717) is 5.56 Å². The zero-order valence-corrected chi connectivity index (χ0v) is 27.1. The van der Waals surface area contributed by atoms with Gasteiger partial charge in [-0.2, -0.15) is 5.26 Å². The lowest BCUT2D eigenvalue weighted by atomic mass is 9.80. The smallest absolute Gasteiger partial charge is 0.0992 e. The van der Waals surface area contributed by atoms with Gasteiger partial charge in [-0.15, -0.1) is 11.3 Å². The van der Waals surface area contributed by atoms with Gasteiger partial charge < -0.3 is 0 Å². The summed E-state index contributed by atoms with van der Waals surface area (Å²) in [6.07, 6.45) is 0. The third-order valence-electron chi connectivity index (χ3n) is 10.1. The minimum absolute atomic E-state index is 0.145. The summed E-state index contributed by atoms with van der Waals surface area (Å²) in [5, 5.41) is 17.2. The lowest BCUT2D eigenvalue weighted by Crippen LogP contribution is -2.15. The highest BCUT2D eigenvalue weighted by Crippen LogP contribution is 2.55. The Kier molecular flexibility index (Phi) is 5.68. The standard InChI is InChI=1S/C44H31NS/c1-25-19-26(2)21-29(20-25)41-33-11-7-5-9-31(33)40(32-10-6-8-12-34(32)41)28-14-16-36-38(23-28)44(3,4)37-18-17-35-30-15-13-27(24-45)22-39(30)46-43(35)42(36)37/h5-23H,1-4H3. The molecule has 0 saturated carbocycles. The molecule has 1 heterocycles. The number of hydrogen-bond acceptors (Lipinski definition) is 2. The first-order chi connectivity index (χ1) is 22.3. The first kappa shape index (κ1) is 27.1. The third kappa shape index (κ3) is 3.73. The molecule has 0 fully saturated rings. The van der Waals surface area contributed by atoms with Gasteiger partial charge in [-0.05, 0) is 92.5 Å². The maximum absolute atomic E-state index is 9.53. The Hall–Kier alpha value is -5.23. The average molecular weight is 606 g/mol. The van der Waals surface area contributed by atoms with Gasteiger partial charge in [0.2, 0.25) is 0 Å².